The number of benzene rings is 2. The molecule has 0 unspecified atom stereocenters. The summed E-state index contributed by atoms with van der Waals surface area (Å²) in [7, 11) is -1.08. The minimum absolute atomic E-state index is 0.0141. The van der Waals surface area contributed by atoms with Gasteiger partial charge in [-0.1, -0.05) is 11.6 Å². The molecule has 0 aliphatic rings. The van der Waals surface area contributed by atoms with Gasteiger partial charge in [0.2, 0.25) is 10.0 Å². The molecule has 0 spiro atoms. The number of hydrogen-bond donors (Lipinski definition) is 1. The van der Waals surface area contributed by atoms with E-state index >= 15 is 0 Å². The summed E-state index contributed by atoms with van der Waals surface area (Å²) in [5.74, 6) is -0.956. The second-order valence-electron chi connectivity index (χ2n) is 6.70. The van der Waals surface area contributed by atoms with E-state index in [1.165, 1.54) is 44.4 Å². The molecule has 2 aromatic rings. The van der Waals surface area contributed by atoms with Crippen molar-refractivity contribution in [2.45, 2.75) is 24.9 Å². The van der Waals surface area contributed by atoms with Crippen molar-refractivity contribution in [2.75, 3.05) is 26.0 Å². The van der Waals surface area contributed by atoms with E-state index in [1.54, 1.807) is 13.8 Å². The second kappa shape index (κ2) is 8.83. The zero-order valence-corrected chi connectivity index (χ0v) is 18.2. The number of halogens is 4. The molecule has 2 aromatic carbocycles. The molecule has 0 fully saturated rings. The Hall–Kier alpha value is -2.30. The van der Waals surface area contributed by atoms with E-state index in [-0.39, 0.29) is 26.9 Å². The molecule has 1 N–H and O–H groups in total. The number of rotatable bonds is 6. The lowest BCUT2D eigenvalue weighted by atomic mass is 10.1. The van der Waals surface area contributed by atoms with E-state index in [1.807, 2.05) is 0 Å². The average Bonchev–Trinajstić information content (AvgIpc) is 2.62. The summed E-state index contributed by atoms with van der Waals surface area (Å²) >= 11 is 5.89. The average molecular weight is 465 g/mol. The molecule has 6 nitrogen and oxygen atoms in total. The van der Waals surface area contributed by atoms with Crippen LogP contribution in [0, 0.1) is 13.8 Å². The Labute approximate surface area is 177 Å². The zero-order chi connectivity index (χ0) is 22.9. The van der Waals surface area contributed by atoms with E-state index in [4.69, 9.17) is 16.3 Å². The molecule has 0 radical (unpaired) electrons. The first-order valence-electron chi connectivity index (χ1n) is 8.56. The Bertz CT molecular complexity index is 1070. The SMILES string of the molecule is Cc1cc(C(=O)Nc2cc(Cl)ccc2OCC(F)(F)F)cc(S(=O)(=O)N(C)C)c1C. The topological polar surface area (TPSA) is 75.7 Å². The predicted molar refractivity (Wildman–Crippen MR) is 108 cm³/mol. The number of sulfonamides is 1. The highest BCUT2D eigenvalue weighted by atomic mass is 35.5. The van der Waals surface area contributed by atoms with Crippen LogP contribution in [0.5, 0.6) is 5.75 Å². The van der Waals surface area contributed by atoms with Crippen LogP contribution in [0.25, 0.3) is 0 Å². The van der Waals surface area contributed by atoms with Crippen molar-refractivity contribution in [3.63, 3.8) is 0 Å². The lowest BCUT2D eigenvalue weighted by molar-refractivity contribution is -0.153. The van der Waals surface area contributed by atoms with Gasteiger partial charge in [0, 0.05) is 24.7 Å². The highest BCUT2D eigenvalue weighted by Crippen LogP contribution is 2.31. The Morgan fingerprint density at radius 3 is 2.37 bits per heavy atom. The third kappa shape index (κ3) is 5.65. The molecule has 0 atom stereocenters. The van der Waals surface area contributed by atoms with Crippen LogP contribution in [-0.2, 0) is 10.0 Å². The van der Waals surface area contributed by atoms with Gasteiger partial charge in [-0.15, -0.1) is 0 Å². The standard InChI is InChI=1S/C19H20ClF3N2O4S/c1-11-7-13(8-17(12(11)2)30(27,28)25(3)4)18(26)24-15-9-14(20)5-6-16(15)29-10-19(21,22)23/h5-9H,10H2,1-4H3,(H,24,26). The maximum Gasteiger partial charge on any atom is 0.422 e. The lowest BCUT2D eigenvalue weighted by Gasteiger charge is -2.17. The summed E-state index contributed by atoms with van der Waals surface area (Å²) in [5, 5.41) is 2.60. The fourth-order valence-corrected chi connectivity index (χ4v) is 3.89. The number of carbonyl (C=O) groups is 1. The van der Waals surface area contributed by atoms with E-state index in [9.17, 15) is 26.4 Å². The normalized spacial score (nSPS) is 12.2. The van der Waals surface area contributed by atoms with E-state index in [2.05, 4.69) is 5.32 Å². The van der Waals surface area contributed by atoms with E-state index in [0.717, 1.165) is 4.31 Å². The van der Waals surface area contributed by atoms with Gasteiger partial charge in [0.1, 0.15) is 5.75 Å². The van der Waals surface area contributed by atoms with Crippen LogP contribution < -0.4 is 10.1 Å². The number of carbonyl (C=O) groups excluding carboxylic acids is 1. The molecule has 0 saturated heterocycles. The highest BCUT2D eigenvalue weighted by Gasteiger charge is 2.29. The minimum atomic E-state index is -4.57. The van der Waals surface area contributed by atoms with Crippen LogP contribution >= 0.6 is 11.6 Å². The minimum Gasteiger partial charge on any atom is -0.482 e. The summed E-state index contributed by atoms with van der Waals surface area (Å²) in [6.45, 7) is 1.72. The zero-order valence-electron chi connectivity index (χ0n) is 16.6. The van der Waals surface area contributed by atoms with Gasteiger partial charge in [0.15, 0.2) is 6.61 Å². The molecule has 2 rings (SSSR count). The number of alkyl halides is 3. The van der Waals surface area contributed by atoms with Gasteiger partial charge in [-0.05, 0) is 55.3 Å². The third-order valence-corrected chi connectivity index (χ3v) is 6.40. The van der Waals surface area contributed by atoms with Gasteiger partial charge < -0.3 is 10.1 Å². The maximum absolute atomic E-state index is 12.8. The maximum atomic E-state index is 12.8. The third-order valence-electron chi connectivity index (χ3n) is 4.22. The van der Waals surface area contributed by atoms with E-state index < -0.39 is 28.7 Å². The molecular weight excluding hydrogens is 445 g/mol. The molecule has 0 aromatic heterocycles. The Balaban J connectivity index is 2.42. The first-order chi connectivity index (χ1) is 13.7. The molecule has 0 heterocycles. The van der Waals surface area contributed by atoms with E-state index in [0.29, 0.717) is 11.1 Å². The number of hydrogen-bond acceptors (Lipinski definition) is 4. The Kier molecular flexibility index (Phi) is 7.05. The first kappa shape index (κ1) is 24.0. The molecule has 0 bridgehead atoms. The molecule has 0 aliphatic carbocycles. The monoisotopic (exact) mass is 464 g/mol. The van der Waals surface area contributed by atoms with Gasteiger partial charge in [-0.25, -0.2) is 12.7 Å². The summed E-state index contributed by atoms with van der Waals surface area (Å²) in [6, 6.07) is 6.46. The van der Waals surface area contributed by atoms with Crippen LogP contribution in [0.4, 0.5) is 18.9 Å². The quantitative estimate of drug-likeness (QED) is 0.687. The molecule has 0 aliphatic heterocycles. The van der Waals surface area contributed by atoms with Gasteiger partial charge in [0.05, 0.1) is 10.6 Å². The van der Waals surface area contributed by atoms with Crippen molar-refractivity contribution in [3.8, 4) is 5.75 Å². The second-order valence-corrected chi connectivity index (χ2v) is 9.26. The summed E-state index contributed by atoms with van der Waals surface area (Å²) in [6.07, 6.45) is -4.57. The fourth-order valence-electron chi connectivity index (χ4n) is 2.50. The number of ether oxygens (including phenoxy) is 1. The van der Waals surface area contributed by atoms with Crippen LogP contribution in [0.1, 0.15) is 21.5 Å². The van der Waals surface area contributed by atoms with Crippen molar-refractivity contribution < 1.29 is 31.1 Å². The number of aryl methyl sites for hydroxylation is 1. The Morgan fingerprint density at radius 2 is 1.80 bits per heavy atom. The molecule has 11 heteroatoms. The van der Waals surface area contributed by atoms with Crippen molar-refractivity contribution >= 4 is 33.2 Å². The Morgan fingerprint density at radius 1 is 1.17 bits per heavy atom. The number of amides is 1. The fraction of sp³-hybridized carbons (Fsp3) is 0.316. The van der Waals surface area contributed by atoms with Crippen LogP contribution in [-0.4, -0.2) is 45.5 Å². The van der Waals surface area contributed by atoms with Crippen molar-refractivity contribution in [2.24, 2.45) is 0 Å². The summed E-state index contributed by atoms with van der Waals surface area (Å²) in [5.41, 5.74) is 0.979. The predicted octanol–water partition coefficient (Wildman–Crippen LogP) is 4.40. The number of nitrogens with zero attached hydrogens (tertiary/aromatic N) is 1. The van der Waals surface area contributed by atoms with Gasteiger partial charge >= 0.3 is 6.18 Å². The van der Waals surface area contributed by atoms with Crippen molar-refractivity contribution in [1.82, 2.24) is 4.31 Å². The van der Waals surface area contributed by atoms with Crippen LogP contribution in [0.3, 0.4) is 0 Å². The molecule has 164 valence electrons. The van der Waals surface area contributed by atoms with Gasteiger partial charge in [0.25, 0.3) is 5.91 Å². The van der Waals surface area contributed by atoms with Crippen LogP contribution in [0.15, 0.2) is 35.2 Å². The first-order valence-corrected chi connectivity index (χ1v) is 10.4. The highest BCUT2D eigenvalue weighted by molar-refractivity contribution is 7.89. The van der Waals surface area contributed by atoms with Gasteiger partial charge in [-0.2, -0.15) is 13.2 Å². The largest absolute Gasteiger partial charge is 0.482 e. The molecule has 0 saturated carbocycles. The number of anilines is 1. The van der Waals surface area contributed by atoms with Gasteiger partial charge in [-0.3, -0.25) is 4.79 Å². The summed E-state index contributed by atoms with van der Waals surface area (Å²) in [4.78, 5) is 12.7. The number of nitrogens with one attached hydrogen (secondary N) is 1. The molecule has 30 heavy (non-hydrogen) atoms. The molecule has 1 amide bonds. The van der Waals surface area contributed by atoms with Crippen molar-refractivity contribution in [1.29, 1.82) is 0 Å². The smallest absolute Gasteiger partial charge is 0.422 e. The van der Waals surface area contributed by atoms with Crippen LogP contribution in [0.2, 0.25) is 5.02 Å². The molecular formula is C19H20ClF3N2O4S. The van der Waals surface area contributed by atoms with Crippen molar-refractivity contribution in [3.05, 3.63) is 52.0 Å². The summed E-state index contributed by atoms with van der Waals surface area (Å²) < 4.78 is 68.4. The lowest BCUT2D eigenvalue weighted by Crippen LogP contribution is -2.24.